The van der Waals surface area contributed by atoms with Gasteiger partial charge in [-0.1, -0.05) is 13.8 Å². The van der Waals surface area contributed by atoms with Gasteiger partial charge in [-0.25, -0.2) is 0 Å². The average molecular weight is 234 g/mol. The van der Waals surface area contributed by atoms with E-state index in [4.69, 9.17) is 5.73 Å². The van der Waals surface area contributed by atoms with Gasteiger partial charge < -0.3 is 11.1 Å². The largest absolute Gasteiger partial charge is 0.416 e. The first-order valence-electron chi connectivity index (χ1n) is 5.15. The van der Waals surface area contributed by atoms with E-state index in [-0.39, 0.29) is 5.69 Å². The lowest BCUT2D eigenvalue weighted by Gasteiger charge is -2.11. The van der Waals surface area contributed by atoms with Crippen LogP contribution in [0.5, 0.6) is 0 Å². The van der Waals surface area contributed by atoms with Crippen LogP contribution in [0.3, 0.4) is 0 Å². The van der Waals surface area contributed by atoms with Crippen LogP contribution in [-0.4, -0.2) is 6.54 Å². The lowest BCUT2D eigenvalue weighted by molar-refractivity contribution is -0.137. The second kappa shape index (κ2) is 6.25. The molecular weight excluding hydrogens is 217 g/mol. The maximum atomic E-state index is 12.2. The maximum absolute atomic E-state index is 12.2. The molecule has 0 saturated carbocycles. The fourth-order valence-corrected chi connectivity index (χ4v) is 1.09. The highest BCUT2D eigenvalue weighted by Crippen LogP contribution is 2.32. The van der Waals surface area contributed by atoms with Crippen LogP contribution in [0.1, 0.15) is 26.3 Å². The molecule has 0 atom stereocenters. The summed E-state index contributed by atoms with van der Waals surface area (Å²) >= 11 is 0. The van der Waals surface area contributed by atoms with Gasteiger partial charge in [0, 0.05) is 6.54 Å². The quantitative estimate of drug-likeness (QED) is 0.765. The van der Waals surface area contributed by atoms with Crippen LogP contribution in [0.4, 0.5) is 24.5 Å². The molecule has 1 aromatic carbocycles. The molecule has 1 rings (SSSR count). The number of nitrogens with two attached hydrogens (primary N) is 1. The molecule has 0 aliphatic heterocycles. The summed E-state index contributed by atoms with van der Waals surface area (Å²) in [7, 11) is 0. The summed E-state index contributed by atoms with van der Waals surface area (Å²) in [5.41, 5.74) is 5.36. The standard InChI is InChI=1S/C9H11F3N2.C2H6/c1-2-14-8-4-3-6(5-7(8)13)9(10,11)12;1-2/h3-5,14H,2,13H2,1H3;1-2H3. The molecule has 0 aliphatic carbocycles. The van der Waals surface area contributed by atoms with Gasteiger partial charge in [-0.15, -0.1) is 0 Å². The Hall–Kier alpha value is -1.39. The number of nitrogen functional groups attached to an aromatic ring is 1. The van der Waals surface area contributed by atoms with Crippen LogP contribution < -0.4 is 11.1 Å². The molecule has 0 spiro atoms. The summed E-state index contributed by atoms with van der Waals surface area (Å²) in [6, 6.07) is 3.27. The van der Waals surface area contributed by atoms with Crippen molar-refractivity contribution >= 4 is 11.4 Å². The molecule has 0 fully saturated rings. The topological polar surface area (TPSA) is 38.0 Å². The predicted molar refractivity (Wildman–Crippen MR) is 61.4 cm³/mol. The first-order chi connectivity index (χ1) is 7.45. The molecular formula is C11H17F3N2. The molecule has 0 heterocycles. The van der Waals surface area contributed by atoms with Crippen molar-refractivity contribution in [2.75, 3.05) is 17.6 Å². The van der Waals surface area contributed by atoms with Crippen LogP contribution in [0.25, 0.3) is 0 Å². The van der Waals surface area contributed by atoms with Crippen LogP contribution in [0.15, 0.2) is 18.2 Å². The van der Waals surface area contributed by atoms with E-state index in [2.05, 4.69) is 5.32 Å². The van der Waals surface area contributed by atoms with E-state index in [1.165, 1.54) is 6.07 Å². The maximum Gasteiger partial charge on any atom is 0.416 e. The molecule has 0 amide bonds. The molecule has 0 aliphatic rings. The highest BCUT2D eigenvalue weighted by molar-refractivity contribution is 5.67. The van der Waals surface area contributed by atoms with Crippen molar-refractivity contribution in [2.45, 2.75) is 26.9 Å². The number of nitrogens with one attached hydrogen (secondary N) is 1. The number of anilines is 2. The minimum Gasteiger partial charge on any atom is -0.397 e. The molecule has 0 bridgehead atoms. The van der Waals surface area contributed by atoms with E-state index in [1.807, 2.05) is 20.8 Å². The lowest BCUT2D eigenvalue weighted by atomic mass is 10.1. The molecule has 0 unspecified atom stereocenters. The molecule has 0 saturated heterocycles. The van der Waals surface area contributed by atoms with Crippen molar-refractivity contribution in [3.63, 3.8) is 0 Å². The Morgan fingerprint density at radius 3 is 2.19 bits per heavy atom. The summed E-state index contributed by atoms with van der Waals surface area (Å²) in [5.74, 6) is 0. The normalized spacial score (nSPS) is 10.4. The molecule has 0 aromatic heterocycles. The van der Waals surface area contributed by atoms with Gasteiger partial charge in [0.2, 0.25) is 0 Å². The lowest BCUT2D eigenvalue weighted by Crippen LogP contribution is -2.07. The number of alkyl halides is 3. The average Bonchev–Trinajstić information content (AvgIpc) is 2.23. The van der Waals surface area contributed by atoms with Gasteiger partial charge in [0.25, 0.3) is 0 Å². The van der Waals surface area contributed by atoms with Crippen LogP contribution in [0, 0.1) is 0 Å². The zero-order valence-electron chi connectivity index (χ0n) is 9.65. The Kier molecular flexibility index (Phi) is 5.71. The second-order valence-electron chi connectivity index (χ2n) is 2.83. The van der Waals surface area contributed by atoms with Gasteiger partial charge in [0.15, 0.2) is 0 Å². The summed E-state index contributed by atoms with van der Waals surface area (Å²) in [6.45, 7) is 6.46. The molecule has 5 heteroatoms. The summed E-state index contributed by atoms with van der Waals surface area (Å²) < 4.78 is 36.6. The van der Waals surface area contributed by atoms with Gasteiger partial charge >= 0.3 is 6.18 Å². The van der Waals surface area contributed by atoms with Gasteiger partial charge in [-0.2, -0.15) is 13.2 Å². The Morgan fingerprint density at radius 1 is 1.25 bits per heavy atom. The first kappa shape index (κ1) is 14.6. The van der Waals surface area contributed by atoms with Gasteiger partial charge in [0.1, 0.15) is 0 Å². The van der Waals surface area contributed by atoms with Crippen LogP contribution >= 0.6 is 0 Å². The summed E-state index contributed by atoms with van der Waals surface area (Å²) in [6.07, 6.45) is -4.33. The third kappa shape index (κ3) is 4.00. The number of rotatable bonds is 2. The van der Waals surface area contributed by atoms with Crippen molar-refractivity contribution < 1.29 is 13.2 Å². The Bertz CT molecular complexity index is 321. The Morgan fingerprint density at radius 2 is 1.81 bits per heavy atom. The molecule has 16 heavy (non-hydrogen) atoms. The van der Waals surface area contributed by atoms with Crippen molar-refractivity contribution in [1.29, 1.82) is 0 Å². The van der Waals surface area contributed by atoms with E-state index in [0.29, 0.717) is 12.2 Å². The van der Waals surface area contributed by atoms with Crippen molar-refractivity contribution in [3.05, 3.63) is 23.8 Å². The molecule has 1 aromatic rings. The van der Waals surface area contributed by atoms with E-state index in [1.54, 1.807) is 0 Å². The predicted octanol–water partition coefficient (Wildman–Crippen LogP) is 3.75. The molecule has 92 valence electrons. The minimum absolute atomic E-state index is 0.113. The smallest absolute Gasteiger partial charge is 0.397 e. The van der Waals surface area contributed by atoms with Crippen molar-refractivity contribution in [1.82, 2.24) is 0 Å². The summed E-state index contributed by atoms with van der Waals surface area (Å²) in [5, 5.41) is 2.86. The zero-order chi connectivity index (χ0) is 12.8. The highest BCUT2D eigenvalue weighted by Gasteiger charge is 2.30. The fraction of sp³-hybridized carbons (Fsp3) is 0.455. The van der Waals surface area contributed by atoms with E-state index < -0.39 is 11.7 Å². The van der Waals surface area contributed by atoms with Gasteiger partial charge in [-0.05, 0) is 25.1 Å². The monoisotopic (exact) mass is 234 g/mol. The van der Waals surface area contributed by atoms with E-state index in [0.717, 1.165) is 12.1 Å². The molecule has 2 nitrogen and oxygen atoms in total. The Labute approximate surface area is 93.6 Å². The molecule has 3 N–H and O–H groups in total. The highest BCUT2D eigenvalue weighted by atomic mass is 19.4. The fourth-order valence-electron chi connectivity index (χ4n) is 1.09. The van der Waals surface area contributed by atoms with Crippen LogP contribution in [0.2, 0.25) is 0 Å². The third-order valence-corrected chi connectivity index (χ3v) is 1.75. The van der Waals surface area contributed by atoms with E-state index in [9.17, 15) is 13.2 Å². The Balaban J connectivity index is 0.00000106. The number of hydrogen-bond donors (Lipinski definition) is 2. The van der Waals surface area contributed by atoms with Crippen LogP contribution in [-0.2, 0) is 6.18 Å². The van der Waals surface area contributed by atoms with Gasteiger partial charge in [0.05, 0.1) is 16.9 Å². The second-order valence-corrected chi connectivity index (χ2v) is 2.83. The van der Waals surface area contributed by atoms with Gasteiger partial charge in [-0.3, -0.25) is 0 Å². The van der Waals surface area contributed by atoms with Crippen molar-refractivity contribution in [2.24, 2.45) is 0 Å². The van der Waals surface area contributed by atoms with Crippen molar-refractivity contribution in [3.8, 4) is 0 Å². The van der Waals surface area contributed by atoms with E-state index >= 15 is 0 Å². The zero-order valence-corrected chi connectivity index (χ0v) is 9.65. The number of halogens is 3. The minimum atomic E-state index is -4.33. The number of hydrogen-bond acceptors (Lipinski definition) is 2. The number of benzene rings is 1. The summed E-state index contributed by atoms with van der Waals surface area (Å²) in [4.78, 5) is 0. The molecule has 0 radical (unpaired) electrons. The first-order valence-corrected chi connectivity index (χ1v) is 5.15. The third-order valence-electron chi connectivity index (χ3n) is 1.75. The SMILES string of the molecule is CC.CCNc1ccc(C(F)(F)F)cc1N.